The van der Waals surface area contributed by atoms with Crippen LogP contribution < -0.4 is 12.4 Å². The minimum atomic E-state index is -4.48. The second-order valence-corrected chi connectivity index (χ2v) is 6.79. The molecule has 0 aliphatic rings. The van der Waals surface area contributed by atoms with E-state index in [1.54, 1.807) is 0 Å². The molecule has 9 heavy (non-hydrogen) atoms. The first-order valence-corrected chi connectivity index (χ1v) is 3.79. The van der Waals surface area contributed by atoms with Crippen molar-refractivity contribution in [3.8, 4) is 0 Å². The zero-order valence-electron chi connectivity index (χ0n) is 3.97. The minimum Gasteiger partial charge on any atom is -1.00 e. The van der Waals surface area contributed by atoms with E-state index in [9.17, 15) is 13.2 Å². The van der Waals surface area contributed by atoms with Crippen LogP contribution in [0.2, 0.25) is 0 Å². The summed E-state index contributed by atoms with van der Waals surface area (Å²) in [4.78, 5) is 0. The third-order valence-corrected chi connectivity index (χ3v) is 1.68. The Kier molecular flexibility index (Phi) is 5.18. The second kappa shape index (κ2) is 3.61. The van der Waals surface area contributed by atoms with Gasteiger partial charge in [-0.2, -0.15) is 0 Å². The zero-order chi connectivity index (χ0) is 7.00. The molecule has 0 fully saturated rings. The Labute approximate surface area is 76.2 Å². The molecule has 0 aromatic rings. The molecule has 7 heteroatoms. The Hall–Kier alpha value is 1.28. The molecule has 0 N–H and O–H groups in total. The van der Waals surface area contributed by atoms with Crippen molar-refractivity contribution in [2.45, 2.75) is 9.10 Å². The molecule has 0 aromatic heterocycles. The first-order valence-electron chi connectivity index (χ1n) is 1.55. The predicted molar refractivity (Wildman–Crippen MR) is 20.5 cm³/mol. The van der Waals surface area contributed by atoms with Crippen molar-refractivity contribution in [1.29, 1.82) is 0 Å². The van der Waals surface area contributed by atoms with Gasteiger partial charge in [0.2, 0.25) is 0 Å². The van der Waals surface area contributed by atoms with Crippen LogP contribution in [0.25, 0.3) is 0 Å². The van der Waals surface area contributed by atoms with Gasteiger partial charge in [-0.15, -0.1) is 0 Å². The molecule has 0 unspecified atom stereocenters. The standard InChI is InChI=1S/C2Cl2F3.ClH.Zn/c3-1(4)2(5,6)7;;/h;1H;/q;;+1/p-1. The molecule has 0 aromatic carbocycles. The monoisotopic (exact) mass is 250 g/mol. The van der Waals surface area contributed by atoms with Crippen LogP contribution in [0.15, 0.2) is 0 Å². The number of alkyl halides is 5. The average Bonchev–Trinajstić information content (AvgIpc) is 1.25. The molecule has 0 amide bonds. The molecular weight excluding hydrogens is 253 g/mol. The van der Waals surface area contributed by atoms with Crippen molar-refractivity contribution in [1.82, 2.24) is 0 Å². The molecule has 0 heterocycles. The number of hydrogen-bond donors (Lipinski definition) is 0. The number of rotatable bonds is 0. The molecule has 0 spiro atoms. The van der Waals surface area contributed by atoms with E-state index in [1.807, 2.05) is 0 Å². The van der Waals surface area contributed by atoms with Crippen LogP contribution in [-0.4, -0.2) is 9.10 Å². The summed E-state index contributed by atoms with van der Waals surface area (Å²) in [6.07, 6.45) is -4.48. The molecule has 0 radical (unpaired) electrons. The van der Waals surface area contributed by atoms with E-state index < -0.39 is 9.10 Å². The number of halogens is 6. The Morgan fingerprint density at radius 1 is 1.11 bits per heavy atom. The summed E-state index contributed by atoms with van der Waals surface area (Å²) in [5.74, 6) is 0. The summed E-state index contributed by atoms with van der Waals surface area (Å²) in [7, 11) is 0. The largest absolute Gasteiger partial charge is 1.00 e. The summed E-state index contributed by atoms with van der Waals surface area (Å²) >= 11 is 9.20. The topological polar surface area (TPSA) is 0 Å². The molecule has 52 valence electrons. The van der Waals surface area contributed by atoms with Crippen molar-refractivity contribution in [3.05, 3.63) is 0 Å². The third-order valence-electron chi connectivity index (χ3n) is 0.415. The fourth-order valence-electron chi connectivity index (χ4n) is 0. The van der Waals surface area contributed by atoms with E-state index in [4.69, 9.17) is 23.2 Å². The summed E-state index contributed by atoms with van der Waals surface area (Å²) in [6.45, 7) is 0. The Bertz CT molecular complexity index is 72.0. The molecular formula is C2Cl3F3Zn. The Morgan fingerprint density at radius 3 is 1.22 bits per heavy atom. The van der Waals surface area contributed by atoms with Crippen molar-refractivity contribution < 1.29 is 43.9 Å². The summed E-state index contributed by atoms with van der Waals surface area (Å²) in [5.41, 5.74) is 0. The Balaban J connectivity index is 0. The van der Waals surface area contributed by atoms with Gasteiger partial charge in [0, 0.05) is 0 Å². The van der Waals surface area contributed by atoms with E-state index in [0.29, 0.717) is 0 Å². The molecule has 0 aliphatic carbocycles. The average molecular weight is 253 g/mol. The van der Waals surface area contributed by atoms with Gasteiger partial charge in [-0.05, 0) is 0 Å². The van der Waals surface area contributed by atoms with Gasteiger partial charge < -0.3 is 12.4 Å². The van der Waals surface area contributed by atoms with Gasteiger partial charge in [-0.3, -0.25) is 0 Å². The van der Waals surface area contributed by atoms with Crippen LogP contribution in [-0.2, 0) is 18.3 Å². The van der Waals surface area contributed by atoms with Crippen LogP contribution in [0, 0.1) is 0 Å². The summed E-state index contributed by atoms with van der Waals surface area (Å²) in [5, 5.41) is 0. The second-order valence-electron chi connectivity index (χ2n) is 1.20. The van der Waals surface area contributed by atoms with Gasteiger partial charge in [-0.1, -0.05) is 0 Å². The molecule has 0 bridgehead atoms. The van der Waals surface area contributed by atoms with Crippen LogP contribution in [0.5, 0.6) is 0 Å². The fourth-order valence-corrected chi connectivity index (χ4v) is 0. The van der Waals surface area contributed by atoms with E-state index in [1.165, 1.54) is 0 Å². The first-order chi connectivity index (χ1) is 3.25. The zero-order valence-corrected chi connectivity index (χ0v) is 9.21. The smallest absolute Gasteiger partial charge is 1.00 e. The maximum atomic E-state index is 11.3. The van der Waals surface area contributed by atoms with Gasteiger partial charge in [0.1, 0.15) is 0 Å². The van der Waals surface area contributed by atoms with Crippen LogP contribution in [0.4, 0.5) is 13.2 Å². The van der Waals surface area contributed by atoms with Gasteiger partial charge in [0.25, 0.3) is 0 Å². The normalized spacial score (nSPS) is 12.8. The van der Waals surface area contributed by atoms with E-state index in [2.05, 4.69) is 0 Å². The van der Waals surface area contributed by atoms with E-state index in [-0.39, 0.29) is 30.7 Å². The van der Waals surface area contributed by atoms with Crippen LogP contribution >= 0.6 is 23.2 Å². The number of hydrogen-bond acceptors (Lipinski definition) is 0. The Morgan fingerprint density at radius 2 is 1.22 bits per heavy atom. The van der Waals surface area contributed by atoms with Gasteiger partial charge in [-0.25, -0.2) is 0 Å². The maximum Gasteiger partial charge on any atom is -1.00 e. The van der Waals surface area contributed by atoms with Gasteiger partial charge >= 0.3 is 63.8 Å². The molecule has 0 aliphatic heterocycles. The fraction of sp³-hybridized carbons (Fsp3) is 1.00. The van der Waals surface area contributed by atoms with Crippen molar-refractivity contribution in [2.24, 2.45) is 0 Å². The van der Waals surface area contributed by atoms with Crippen molar-refractivity contribution >= 4 is 23.2 Å². The van der Waals surface area contributed by atoms with Crippen molar-refractivity contribution in [3.63, 3.8) is 0 Å². The maximum absolute atomic E-state index is 11.3. The molecule has 0 nitrogen and oxygen atoms in total. The SMILES string of the molecule is FC(F)(F)[C](Cl)(Cl)[Zn+].[Cl-]. The molecule has 0 atom stereocenters. The quantitative estimate of drug-likeness (QED) is 0.393. The van der Waals surface area contributed by atoms with Crippen molar-refractivity contribution in [2.75, 3.05) is 0 Å². The van der Waals surface area contributed by atoms with Crippen LogP contribution in [0.3, 0.4) is 0 Å². The molecule has 0 saturated carbocycles. The molecule has 0 saturated heterocycles. The van der Waals surface area contributed by atoms with Gasteiger partial charge in [0.15, 0.2) is 0 Å². The van der Waals surface area contributed by atoms with Gasteiger partial charge in [0.05, 0.1) is 0 Å². The minimum absolute atomic E-state index is 0. The first kappa shape index (κ1) is 12.9. The molecule has 0 rings (SSSR count). The van der Waals surface area contributed by atoms with E-state index in [0.717, 1.165) is 0 Å². The third kappa shape index (κ3) is 4.66. The summed E-state index contributed by atoms with van der Waals surface area (Å²) < 4.78 is 31.5. The summed E-state index contributed by atoms with van der Waals surface area (Å²) in [6, 6.07) is 0. The van der Waals surface area contributed by atoms with Crippen LogP contribution in [0.1, 0.15) is 0 Å². The van der Waals surface area contributed by atoms with E-state index >= 15 is 0 Å². The predicted octanol–water partition coefficient (Wildman–Crippen LogP) is -0.769.